The van der Waals surface area contributed by atoms with Gasteiger partial charge in [0.2, 0.25) is 5.13 Å². The first-order valence-electron chi connectivity index (χ1n) is 7.73. The zero-order valence-corrected chi connectivity index (χ0v) is 13.2. The summed E-state index contributed by atoms with van der Waals surface area (Å²) in [6.45, 7) is 0.923. The van der Waals surface area contributed by atoms with Crippen molar-refractivity contribution in [3.05, 3.63) is 40.9 Å². The van der Waals surface area contributed by atoms with Crippen LogP contribution in [0.3, 0.4) is 0 Å². The van der Waals surface area contributed by atoms with Gasteiger partial charge in [-0.25, -0.2) is 0 Å². The Labute approximate surface area is 134 Å². The van der Waals surface area contributed by atoms with Crippen molar-refractivity contribution in [3.63, 3.8) is 0 Å². The Balaban J connectivity index is 1.47. The molecule has 1 heterocycles. The number of benzene rings is 1. The summed E-state index contributed by atoms with van der Waals surface area (Å²) in [6.07, 6.45) is 6.11. The number of nitrogens with one attached hydrogen (secondary N) is 2. The number of carbonyl (C=O) groups is 1. The Morgan fingerprint density at radius 1 is 1.18 bits per heavy atom. The third-order valence-electron chi connectivity index (χ3n) is 3.85. The maximum absolute atomic E-state index is 12.0. The molecule has 1 aromatic carbocycles. The number of carbonyl (C=O) groups excluding carboxylic acids is 1. The van der Waals surface area contributed by atoms with Gasteiger partial charge in [-0.2, -0.15) is 0 Å². The standard InChI is InChI=1S/C16H20N4OS/c21-15(12-6-2-1-3-7-12)18-16-20-19-14(22-16)10-11-17-13-8-4-5-9-13/h1-3,6-7,13,17H,4-5,8-11H2,(H,18,20,21). The van der Waals surface area contributed by atoms with Crippen LogP contribution in [0.5, 0.6) is 0 Å². The normalized spacial score (nSPS) is 15.1. The molecule has 0 bridgehead atoms. The lowest BCUT2D eigenvalue weighted by Crippen LogP contribution is -2.27. The van der Waals surface area contributed by atoms with E-state index >= 15 is 0 Å². The van der Waals surface area contributed by atoms with Gasteiger partial charge in [0.15, 0.2) is 0 Å². The molecular formula is C16H20N4OS. The van der Waals surface area contributed by atoms with Crippen molar-refractivity contribution >= 4 is 22.4 Å². The van der Waals surface area contributed by atoms with Crippen LogP contribution >= 0.6 is 11.3 Å². The fourth-order valence-corrected chi connectivity index (χ4v) is 3.41. The highest BCUT2D eigenvalue weighted by atomic mass is 32.1. The van der Waals surface area contributed by atoms with Gasteiger partial charge in [0.25, 0.3) is 5.91 Å². The molecule has 5 nitrogen and oxygen atoms in total. The summed E-state index contributed by atoms with van der Waals surface area (Å²) in [6, 6.07) is 9.80. The van der Waals surface area contributed by atoms with Gasteiger partial charge in [-0.15, -0.1) is 10.2 Å². The largest absolute Gasteiger partial charge is 0.314 e. The van der Waals surface area contributed by atoms with Gasteiger partial charge in [0, 0.05) is 24.6 Å². The van der Waals surface area contributed by atoms with E-state index in [1.807, 2.05) is 18.2 Å². The van der Waals surface area contributed by atoms with Gasteiger partial charge < -0.3 is 5.32 Å². The first-order valence-corrected chi connectivity index (χ1v) is 8.55. The molecule has 1 fully saturated rings. The molecule has 0 atom stereocenters. The highest BCUT2D eigenvalue weighted by Gasteiger charge is 2.14. The van der Waals surface area contributed by atoms with Gasteiger partial charge in [0.05, 0.1) is 0 Å². The van der Waals surface area contributed by atoms with Crippen molar-refractivity contribution in [2.75, 3.05) is 11.9 Å². The summed E-state index contributed by atoms with van der Waals surface area (Å²) >= 11 is 1.44. The average Bonchev–Trinajstić information content (AvgIpc) is 3.20. The summed E-state index contributed by atoms with van der Waals surface area (Å²) < 4.78 is 0. The van der Waals surface area contributed by atoms with E-state index in [4.69, 9.17) is 0 Å². The minimum Gasteiger partial charge on any atom is -0.314 e. The van der Waals surface area contributed by atoms with Crippen LogP contribution in [0.15, 0.2) is 30.3 Å². The summed E-state index contributed by atoms with van der Waals surface area (Å²) in [4.78, 5) is 12.0. The first-order chi connectivity index (χ1) is 10.8. The second-order valence-electron chi connectivity index (χ2n) is 5.51. The van der Waals surface area contributed by atoms with Gasteiger partial charge in [-0.1, -0.05) is 42.4 Å². The summed E-state index contributed by atoms with van der Waals surface area (Å²) in [5.41, 5.74) is 0.627. The van der Waals surface area contributed by atoms with E-state index < -0.39 is 0 Å². The average molecular weight is 316 g/mol. The van der Waals surface area contributed by atoms with Crippen molar-refractivity contribution in [2.24, 2.45) is 0 Å². The maximum atomic E-state index is 12.0. The lowest BCUT2D eigenvalue weighted by molar-refractivity contribution is 0.102. The number of rotatable bonds is 6. The molecule has 1 aliphatic rings. The van der Waals surface area contributed by atoms with E-state index in [9.17, 15) is 4.79 Å². The van der Waals surface area contributed by atoms with Crippen molar-refractivity contribution < 1.29 is 4.79 Å². The molecule has 116 valence electrons. The van der Waals surface area contributed by atoms with Gasteiger partial charge in [-0.05, 0) is 25.0 Å². The minimum absolute atomic E-state index is 0.146. The van der Waals surface area contributed by atoms with E-state index in [1.165, 1.54) is 37.0 Å². The topological polar surface area (TPSA) is 66.9 Å². The number of aromatic nitrogens is 2. The number of nitrogens with zero attached hydrogens (tertiary/aromatic N) is 2. The number of hydrogen-bond donors (Lipinski definition) is 2. The van der Waals surface area contributed by atoms with Crippen LogP contribution in [-0.2, 0) is 6.42 Å². The Morgan fingerprint density at radius 3 is 2.73 bits per heavy atom. The molecule has 0 saturated heterocycles. The van der Waals surface area contributed by atoms with Crippen LogP contribution in [0.2, 0.25) is 0 Å². The number of anilines is 1. The van der Waals surface area contributed by atoms with E-state index in [-0.39, 0.29) is 5.91 Å². The zero-order chi connectivity index (χ0) is 15.2. The van der Waals surface area contributed by atoms with Crippen LogP contribution < -0.4 is 10.6 Å². The molecule has 3 rings (SSSR count). The molecule has 1 aromatic heterocycles. The van der Waals surface area contributed by atoms with Gasteiger partial charge >= 0.3 is 0 Å². The van der Waals surface area contributed by atoms with Crippen LogP contribution in [-0.4, -0.2) is 28.7 Å². The first kappa shape index (κ1) is 15.1. The number of hydrogen-bond acceptors (Lipinski definition) is 5. The molecule has 6 heteroatoms. The minimum atomic E-state index is -0.146. The second kappa shape index (κ2) is 7.47. The predicted molar refractivity (Wildman–Crippen MR) is 88.3 cm³/mol. The number of amides is 1. The molecule has 2 N–H and O–H groups in total. The fourth-order valence-electron chi connectivity index (χ4n) is 2.68. The third kappa shape index (κ3) is 4.11. The zero-order valence-electron chi connectivity index (χ0n) is 12.4. The molecule has 1 aliphatic carbocycles. The van der Waals surface area contributed by atoms with Crippen molar-refractivity contribution in [1.82, 2.24) is 15.5 Å². The maximum Gasteiger partial charge on any atom is 0.257 e. The van der Waals surface area contributed by atoms with E-state index in [1.54, 1.807) is 12.1 Å². The molecule has 0 aliphatic heterocycles. The smallest absolute Gasteiger partial charge is 0.257 e. The fraction of sp³-hybridized carbons (Fsp3) is 0.438. The van der Waals surface area contributed by atoms with Crippen LogP contribution in [0, 0.1) is 0 Å². The molecular weight excluding hydrogens is 296 g/mol. The van der Waals surface area contributed by atoms with Crippen molar-refractivity contribution in [1.29, 1.82) is 0 Å². The van der Waals surface area contributed by atoms with Crippen LogP contribution in [0.1, 0.15) is 41.0 Å². The van der Waals surface area contributed by atoms with Gasteiger partial charge in [-0.3, -0.25) is 10.1 Å². The third-order valence-corrected chi connectivity index (χ3v) is 4.75. The molecule has 2 aromatic rings. The second-order valence-corrected chi connectivity index (χ2v) is 6.57. The lowest BCUT2D eigenvalue weighted by Gasteiger charge is -2.09. The molecule has 0 radical (unpaired) electrons. The summed E-state index contributed by atoms with van der Waals surface area (Å²) in [7, 11) is 0. The highest BCUT2D eigenvalue weighted by Crippen LogP contribution is 2.19. The molecule has 1 saturated carbocycles. The Bertz CT molecular complexity index is 608. The van der Waals surface area contributed by atoms with Crippen LogP contribution in [0.4, 0.5) is 5.13 Å². The summed E-state index contributed by atoms with van der Waals surface area (Å²) in [5.74, 6) is -0.146. The van der Waals surface area contributed by atoms with E-state index in [0.29, 0.717) is 16.7 Å². The molecule has 22 heavy (non-hydrogen) atoms. The quantitative estimate of drug-likeness (QED) is 0.860. The monoisotopic (exact) mass is 316 g/mol. The summed E-state index contributed by atoms with van der Waals surface area (Å²) in [5, 5.41) is 16.0. The Hall–Kier alpha value is -1.79. The van der Waals surface area contributed by atoms with Crippen LogP contribution in [0.25, 0.3) is 0 Å². The molecule has 0 unspecified atom stereocenters. The molecule has 1 amide bonds. The van der Waals surface area contributed by atoms with Gasteiger partial charge in [0.1, 0.15) is 5.01 Å². The van der Waals surface area contributed by atoms with E-state index in [0.717, 1.165) is 18.0 Å². The molecule has 0 spiro atoms. The predicted octanol–water partition coefficient (Wildman–Crippen LogP) is 2.87. The highest BCUT2D eigenvalue weighted by molar-refractivity contribution is 7.15. The SMILES string of the molecule is O=C(Nc1nnc(CCNC2CCCC2)s1)c1ccccc1. The Kier molecular flexibility index (Phi) is 5.13. The van der Waals surface area contributed by atoms with Crippen molar-refractivity contribution in [2.45, 2.75) is 38.1 Å². The van der Waals surface area contributed by atoms with Crippen molar-refractivity contribution in [3.8, 4) is 0 Å². The lowest BCUT2D eigenvalue weighted by atomic mass is 10.2. The Morgan fingerprint density at radius 2 is 1.95 bits per heavy atom. The van der Waals surface area contributed by atoms with E-state index in [2.05, 4.69) is 20.8 Å².